The molecule has 0 amide bonds. The van der Waals surface area contributed by atoms with Gasteiger partial charge in [-0.2, -0.15) is 0 Å². The molecule has 0 radical (unpaired) electrons. The number of benzene rings is 2. The zero-order valence-electron chi connectivity index (χ0n) is 7.61. The van der Waals surface area contributed by atoms with Crippen molar-refractivity contribution in [3.05, 3.63) is 42.0 Å². The van der Waals surface area contributed by atoms with Gasteiger partial charge >= 0.3 is 5.97 Å². The van der Waals surface area contributed by atoms with Gasteiger partial charge in [-0.3, -0.25) is 0 Å². The first-order valence-corrected chi connectivity index (χ1v) is 4.92. The Kier molecular flexibility index (Phi) is 2.60. The van der Waals surface area contributed by atoms with Crippen molar-refractivity contribution in [1.82, 2.24) is 0 Å². The summed E-state index contributed by atoms with van der Waals surface area (Å²) in [5.74, 6) is -0.692. The van der Waals surface area contributed by atoms with Crippen LogP contribution in [0.3, 0.4) is 0 Å². The SMILES string of the molecule is O=C(O)c1c(OBr)ccc2ccccc12. The quantitative estimate of drug-likeness (QED) is 0.908. The van der Waals surface area contributed by atoms with Crippen LogP contribution in [0.4, 0.5) is 0 Å². The summed E-state index contributed by atoms with van der Waals surface area (Å²) < 4.78 is 4.85. The van der Waals surface area contributed by atoms with Crippen molar-refractivity contribution in [2.45, 2.75) is 0 Å². The molecule has 1 N–H and O–H groups in total. The predicted octanol–water partition coefficient (Wildman–Crippen LogP) is 3.23. The summed E-state index contributed by atoms with van der Waals surface area (Å²) in [6.45, 7) is 0. The van der Waals surface area contributed by atoms with Crippen LogP contribution in [-0.2, 0) is 0 Å². The molecule has 0 aliphatic rings. The van der Waals surface area contributed by atoms with Crippen molar-refractivity contribution in [3.8, 4) is 5.75 Å². The van der Waals surface area contributed by atoms with Crippen LogP contribution >= 0.6 is 16.3 Å². The second-order valence-electron chi connectivity index (χ2n) is 3.04. The molecule has 2 aromatic carbocycles. The monoisotopic (exact) mass is 266 g/mol. The van der Waals surface area contributed by atoms with E-state index in [2.05, 4.69) is 16.3 Å². The minimum atomic E-state index is -0.999. The Balaban J connectivity index is 2.85. The smallest absolute Gasteiger partial charge is 0.340 e. The second-order valence-corrected chi connectivity index (χ2v) is 3.37. The van der Waals surface area contributed by atoms with E-state index in [1.165, 1.54) is 0 Å². The maximum Gasteiger partial charge on any atom is 0.340 e. The van der Waals surface area contributed by atoms with Gasteiger partial charge in [0.25, 0.3) is 0 Å². The summed E-state index contributed by atoms with van der Waals surface area (Å²) in [6.07, 6.45) is 0. The van der Waals surface area contributed by atoms with E-state index >= 15 is 0 Å². The lowest BCUT2D eigenvalue weighted by Crippen LogP contribution is -1.99. The number of carboxylic acid groups (broad SMARTS) is 1. The molecule has 0 saturated heterocycles. The molecule has 15 heavy (non-hydrogen) atoms. The number of hydrogen-bond acceptors (Lipinski definition) is 2. The highest BCUT2D eigenvalue weighted by atomic mass is 79.9. The molecule has 76 valence electrons. The molecule has 0 spiro atoms. The Labute approximate surface area is 94.7 Å². The van der Waals surface area contributed by atoms with Gasteiger partial charge in [-0.05, 0) is 16.8 Å². The van der Waals surface area contributed by atoms with E-state index in [1.54, 1.807) is 18.2 Å². The first-order chi connectivity index (χ1) is 7.24. The number of rotatable bonds is 2. The van der Waals surface area contributed by atoms with Crippen LogP contribution < -0.4 is 3.83 Å². The third kappa shape index (κ3) is 1.68. The van der Waals surface area contributed by atoms with Crippen molar-refractivity contribution in [1.29, 1.82) is 0 Å². The third-order valence-corrected chi connectivity index (χ3v) is 2.54. The van der Waals surface area contributed by atoms with E-state index in [0.29, 0.717) is 11.1 Å². The molecule has 0 fully saturated rings. The molecule has 0 aliphatic carbocycles. The molecular weight excluding hydrogens is 260 g/mol. The van der Waals surface area contributed by atoms with Gasteiger partial charge in [0.15, 0.2) is 22.0 Å². The van der Waals surface area contributed by atoms with Gasteiger partial charge in [0, 0.05) is 0 Å². The van der Waals surface area contributed by atoms with Crippen LogP contribution in [0.15, 0.2) is 36.4 Å². The van der Waals surface area contributed by atoms with Crippen LogP contribution in [0.25, 0.3) is 10.8 Å². The van der Waals surface area contributed by atoms with E-state index in [4.69, 9.17) is 8.93 Å². The zero-order valence-corrected chi connectivity index (χ0v) is 9.19. The molecule has 0 saturated carbocycles. The largest absolute Gasteiger partial charge is 0.478 e. The van der Waals surface area contributed by atoms with Gasteiger partial charge in [-0.1, -0.05) is 30.3 Å². The van der Waals surface area contributed by atoms with Gasteiger partial charge in [0.1, 0.15) is 5.56 Å². The fraction of sp³-hybridized carbons (Fsp3) is 0. The first-order valence-electron chi connectivity index (χ1n) is 4.27. The maximum atomic E-state index is 11.1. The van der Waals surface area contributed by atoms with Gasteiger partial charge in [-0.25, -0.2) is 4.79 Å². The number of fused-ring (bicyclic) bond motifs is 1. The van der Waals surface area contributed by atoms with E-state index in [1.807, 2.05) is 18.2 Å². The summed E-state index contributed by atoms with van der Waals surface area (Å²) in [7, 11) is 0. The lowest BCUT2D eigenvalue weighted by atomic mass is 10.0. The highest BCUT2D eigenvalue weighted by molar-refractivity contribution is 9.06. The van der Waals surface area contributed by atoms with Crippen LogP contribution in [0.1, 0.15) is 10.4 Å². The van der Waals surface area contributed by atoms with E-state index in [9.17, 15) is 4.79 Å². The number of carbonyl (C=O) groups is 1. The highest BCUT2D eigenvalue weighted by Crippen LogP contribution is 2.28. The van der Waals surface area contributed by atoms with E-state index in [-0.39, 0.29) is 5.56 Å². The Morgan fingerprint density at radius 2 is 1.93 bits per heavy atom. The molecule has 2 aromatic rings. The van der Waals surface area contributed by atoms with Gasteiger partial charge < -0.3 is 8.93 Å². The van der Waals surface area contributed by atoms with E-state index < -0.39 is 5.97 Å². The summed E-state index contributed by atoms with van der Waals surface area (Å²) in [5.41, 5.74) is 0.171. The van der Waals surface area contributed by atoms with Crippen LogP contribution in [-0.4, -0.2) is 11.1 Å². The molecule has 0 bridgehead atoms. The summed E-state index contributed by atoms with van der Waals surface area (Å²) in [5, 5.41) is 10.6. The number of hydrogen-bond donors (Lipinski definition) is 1. The number of aromatic carboxylic acids is 1. The minimum Gasteiger partial charge on any atom is -0.478 e. The van der Waals surface area contributed by atoms with Crippen molar-refractivity contribution < 1.29 is 13.7 Å². The lowest BCUT2D eigenvalue weighted by Gasteiger charge is -2.06. The zero-order chi connectivity index (χ0) is 10.8. The summed E-state index contributed by atoms with van der Waals surface area (Å²) in [4.78, 5) is 11.1. The minimum absolute atomic E-state index is 0.171. The van der Waals surface area contributed by atoms with Crippen LogP contribution in [0, 0.1) is 0 Å². The highest BCUT2D eigenvalue weighted by Gasteiger charge is 2.14. The molecule has 0 aromatic heterocycles. The summed E-state index contributed by atoms with van der Waals surface area (Å²) >= 11 is 2.80. The fourth-order valence-electron chi connectivity index (χ4n) is 1.54. The molecule has 4 heteroatoms. The van der Waals surface area contributed by atoms with Crippen molar-refractivity contribution in [2.24, 2.45) is 0 Å². The molecule has 2 rings (SSSR count). The van der Waals surface area contributed by atoms with Gasteiger partial charge in [0.05, 0.1) is 0 Å². The number of carboxylic acids is 1. The predicted molar refractivity (Wildman–Crippen MR) is 60.5 cm³/mol. The molecule has 0 atom stereocenters. The standard InChI is InChI=1S/C11H7BrO3/c12-15-9-6-5-7-3-1-2-4-8(7)10(9)11(13)14/h1-6H,(H,13,14). The summed E-state index contributed by atoms with van der Waals surface area (Å²) in [6, 6.07) is 10.7. The Morgan fingerprint density at radius 3 is 2.60 bits per heavy atom. The van der Waals surface area contributed by atoms with E-state index in [0.717, 1.165) is 5.39 Å². The van der Waals surface area contributed by atoms with Gasteiger partial charge in [-0.15, -0.1) is 0 Å². The Morgan fingerprint density at radius 1 is 1.20 bits per heavy atom. The molecular formula is C11H7BrO3. The normalized spacial score (nSPS) is 10.2. The average molecular weight is 267 g/mol. The van der Waals surface area contributed by atoms with Crippen LogP contribution in [0.5, 0.6) is 5.75 Å². The molecule has 0 heterocycles. The maximum absolute atomic E-state index is 11.1. The second kappa shape index (κ2) is 3.90. The van der Waals surface area contributed by atoms with Gasteiger partial charge in [0.2, 0.25) is 0 Å². The molecule has 3 nitrogen and oxygen atoms in total. The molecule has 0 aliphatic heterocycles. The van der Waals surface area contributed by atoms with Crippen LogP contribution in [0.2, 0.25) is 0 Å². The average Bonchev–Trinajstić information content (AvgIpc) is 2.27. The molecule has 0 unspecified atom stereocenters. The lowest BCUT2D eigenvalue weighted by molar-refractivity contribution is 0.0697. The van der Waals surface area contributed by atoms with Crippen molar-refractivity contribution in [3.63, 3.8) is 0 Å². The third-order valence-electron chi connectivity index (χ3n) is 2.19. The fourth-order valence-corrected chi connectivity index (χ4v) is 1.81. The first kappa shape index (κ1) is 9.98. The van der Waals surface area contributed by atoms with Crippen molar-refractivity contribution in [2.75, 3.05) is 0 Å². The Hall–Kier alpha value is -1.55. The topological polar surface area (TPSA) is 46.5 Å². The Bertz CT molecular complexity index is 522. The van der Waals surface area contributed by atoms with Crippen molar-refractivity contribution >= 4 is 33.0 Å². The number of halogens is 1.